The van der Waals surface area contributed by atoms with Crippen LogP contribution in [0.25, 0.3) is 11.0 Å². The number of hydrogen-bond acceptors (Lipinski definition) is 2. The van der Waals surface area contributed by atoms with Crippen molar-refractivity contribution in [1.82, 2.24) is 9.55 Å². The van der Waals surface area contributed by atoms with Gasteiger partial charge in [0.15, 0.2) is 0 Å². The average Bonchev–Trinajstić information content (AvgIpc) is 2.92. The highest BCUT2D eigenvalue weighted by molar-refractivity contribution is 5.76. The van der Waals surface area contributed by atoms with Crippen LogP contribution in [0.4, 0.5) is 0 Å². The molecule has 0 fully saturated rings. The fraction of sp³-hybridized carbons (Fsp3) is 0.316. The minimum atomic E-state index is -0.00365. The minimum absolute atomic E-state index is 0.00365. The Morgan fingerprint density at radius 1 is 1.05 bits per heavy atom. The maximum absolute atomic E-state index is 6.42. The van der Waals surface area contributed by atoms with Crippen LogP contribution in [-0.4, -0.2) is 9.55 Å². The molecule has 0 spiro atoms. The van der Waals surface area contributed by atoms with E-state index in [0.717, 1.165) is 42.7 Å². The standard InChI is InChI=1S/C19H23N3/c1-2-3-11-16(20)19-21-17-12-7-8-13-18(17)22(19)14-15-9-5-4-6-10-15/h4-10,12-13,16H,2-3,11,14,20H2,1H3. The summed E-state index contributed by atoms with van der Waals surface area (Å²) in [6.45, 7) is 3.01. The van der Waals surface area contributed by atoms with Gasteiger partial charge in [-0.2, -0.15) is 0 Å². The average molecular weight is 293 g/mol. The van der Waals surface area contributed by atoms with Gasteiger partial charge in [-0.05, 0) is 24.1 Å². The Hall–Kier alpha value is -2.13. The zero-order valence-electron chi connectivity index (χ0n) is 13.1. The number of imidazole rings is 1. The zero-order valence-corrected chi connectivity index (χ0v) is 13.1. The maximum atomic E-state index is 6.42. The molecule has 1 atom stereocenters. The van der Waals surface area contributed by atoms with Gasteiger partial charge in [0, 0.05) is 6.54 Å². The summed E-state index contributed by atoms with van der Waals surface area (Å²) in [6, 6.07) is 18.8. The highest BCUT2D eigenvalue weighted by atomic mass is 15.1. The van der Waals surface area contributed by atoms with Crippen LogP contribution in [0.3, 0.4) is 0 Å². The molecular formula is C19H23N3. The third kappa shape index (κ3) is 3.04. The van der Waals surface area contributed by atoms with E-state index in [4.69, 9.17) is 10.7 Å². The second kappa shape index (κ2) is 6.75. The van der Waals surface area contributed by atoms with E-state index in [2.05, 4.69) is 54.0 Å². The summed E-state index contributed by atoms with van der Waals surface area (Å²) in [4.78, 5) is 4.80. The topological polar surface area (TPSA) is 43.8 Å². The van der Waals surface area contributed by atoms with Gasteiger partial charge in [-0.3, -0.25) is 0 Å². The number of aromatic nitrogens is 2. The van der Waals surface area contributed by atoms with E-state index in [-0.39, 0.29) is 6.04 Å². The minimum Gasteiger partial charge on any atom is -0.322 e. The highest BCUT2D eigenvalue weighted by Gasteiger charge is 2.16. The van der Waals surface area contributed by atoms with Crippen LogP contribution in [0.1, 0.15) is 43.6 Å². The van der Waals surface area contributed by atoms with Gasteiger partial charge in [-0.25, -0.2) is 4.98 Å². The summed E-state index contributed by atoms with van der Waals surface area (Å²) < 4.78 is 2.27. The van der Waals surface area contributed by atoms with Crippen molar-refractivity contribution in [2.75, 3.05) is 0 Å². The molecule has 2 N–H and O–H groups in total. The number of rotatable bonds is 6. The highest BCUT2D eigenvalue weighted by Crippen LogP contribution is 2.23. The quantitative estimate of drug-likeness (QED) is 0.737. The molecule has 1 aromatic heterocycles. The molecule has 22 heavy (non-hydrogen) atoms. The lowest BCUT2D eigenvalue weighted by atomic mass is 10.1. The molecule has 0 aliphatic carbocycles. The predicted octanol–water partition coefficient (Wildman–Crippen LogP) is 4.27. The van der Waals surface area contributed by atoms with Gasteiger partial charge in [0.05, 0.1) is 17.1 Å². The third-order valence-corrected chi connectivity index (χ3v) is 4.07. The van der Waals surface area contributed by atoms with Crippen molar-refractivity contribution in [2.24, 2.45) is 5.73 Å². The molecule has 1 heterocycles. The number of benzene rings is 2. The van der Waals surface area contributed by atoms with Crippen LogP contribution in [0.2, 0.25) is 0 Å². The predicted molar refractivity (Wildman–Crippen MR) is 91.7 cm³/mol. The van der Waals surface area contributed by atoms with Crippen molar-refractivity contribution in [1.29, 1.82) is 0 Å². The lowest BCUT2D eigenvalue weighted by Gasteiger charge is -2.14. The number of unbranched alkanes of at least 4 members (excludes halogenated alkanes) is 1. The van der Waals surface area contributed by atoms with Gasteiger partial charge in [0.2, 0.25) is 0 Å². The Bertz CT molecular complexity index is 731. The van der Waals surface area contributed by atoms with E-state index < -0.39 is 0 Å². The van der Waals surface area contributed by atoms with Gasteiger partial charge in [-0.1, -0.05) is 62.2 Å². The molecule has 3 heteroatoms. The van der Waals surface area contributed by atoms with Crippen LogP contribution in [0, 0.1) is 0 Å². The van der Waals surface area contributed by atoms with Gasteiger partial charge < -0.3 is 10.3 Å². The second-order valence-corrected chi connectivity index (χ2v) is 5.78. The van der Waals surface area contributed by atoms with E-state index in [1.807, 2.05) is 12.1 Å². The van der Waals surface area contributed by atoms with Crippen molar-refractivity contribution in [3.05, 3.63) is 66.0 Å². The Kier molecular flexibility index (Phi) is 4.54. The molecule has 0 amide bonds. The maximum Gasteiger partial charge on any atom is 0.127 e. The van der Waals surface area contributed by atoms with Crippen molar-refractivity contribution in [2.45, 2.75) is 38.8 Å². The molecule has 0 saturated heterocycles. The van der Waals surface area contributed by atoms with Crippen LogP contribution >= 0.6 is 0 Å². The van der Waals surface area contributed by atoms with Gasteiger partial charge in [0.1, 0.15) is 5.82 Å². The van der Waals surface area contributed by atoms with E-state index in [0.29, 0.717) is 0 Å². The van der Waals surface area contributed by atoms with E-state index in [9.17, 15) is 0 Å². The normalized spacial score (nSPS) is 12.6. The van der Waals surface area contributed by atoms with Gasteiger partial charge in [-0.15, -0.1) is 0 Å². The Morgan fingerprint density at radius 2 is 1.77 bits per heavy atom. The summed E-state index contributed by atoms with van der Waals surface area (Å²) >= 11 is 0. The molecule has 2 aromatic carbocycles. The lowest BCUT2D eigenvalue weighted by molar-refractivity contribution is 0.552. The molecule has 3 aromatic rings. The Morgan fingerprint density at radius 3 is 2.55 bits per heavy atom. The number of nitrogens with zero attached hydrogens (tertiary/aromatic N) is 2. The summed E-state index contributed by atoms with van der Waals surface area (Å²) in [7, 11) is 0. The van der Waals surface area contributed by atoms with E-state index >= 15 is 0 Å². The first kappa shape index (κ1) is 14.8. The number of para-hydroxylation sites is 2. The van der Waals surface area contributed by atoms with Gasteiger partial charge in [0.25, 0.3) is 0 Å². The molecule has 3 nitrogen and oxygen atoms in total. The van der Waals surface area contributed by atoms with Crippen LogP contribution in [0.15, 0.2) is 54.6 Å². The monoisotopic (exact) mass is 293 g/mol. The summed E-state index contributed by atoms with van der Waals surface area (Å²) in [5, 5.41) is 0. The van der Waals surface area contributed by atoms with E-state index in [1.165, 1.54) is 5.56 Å². The molecule has 0 saturated carbocycles. The third-order valence-electron chi connectivity index (χ3n) is 4.07. The lowest BCUT2D eigenvalue weighted by Crippen LogP contribution is -2.17. The largest absolute Gasteiger partial charge is 0.322 e. The smallest absolute Gasteiger partial charge is 0.127 e. The fourth-order valence-electron chi connectivity index (χ4n) is 2.86. The summed E-state index contributed by atoms with van der Waals surface area (Å²) in [6.07, 6.45) is 3.27. The summed E-state index contributed by atoms with van der Waals surface area (Å²) in [5.41, 5.74) is 9.88. The van der Waals surface area contributed by atoms with Crippen LogP contribution in [0.5, 0.6) is 0 Å². The van der Waals surface area contributed by atoms with Gasteiger partial charge >= 0.3 is 0 Å². The zero-order chi connectivity index (χ0) is 15.4. The van der Waals surface area contributed by atoms with Crippen molar-refractivity contribution < 1.29 is 0 Å². The first-order valence-corrected chi connectivity index (χ1v) is 8.04. The number of fused-ring (bicyclic) bond motifs is 1. The van der Waals surface area contributed by atoms with Crippen molar-refractivity contribution in [3.8, 4) is 0 Å². The Balaban J connectivity index is 2.01. The Labute approximate surface area is 131 Å². The number of nitrogens with two attached hydrogens (primary N) is 1. The first-order chi connectivity index (χ1) is 10.8. The second-order valence-electron chi connectivity index (χ2n) is 5.78. The van der Waals surface area contributed by atoms with Crippen molar-refractivity contribution in [3.63, 3.8) is 0 Å². The molecular weight excluding hydrogens is 270 g/mol. The van der Waals surface area contributed by atoms with E-state index in [1.54, 1.807) is 0 Å². The molecule has 0 aliphatic rings. The fourth-order valence-corrected chi connectivity index (χ4v) is 2.86. The summed E-state index contributed by atoms with van der Waals surface area (Å²) in [5.74, 6) is 0.999. The SMILES string of the molecule is CCCCC(N)c1nc2ccccc2n1Cc1ccccc1. The number of hydrogen-bond donors (Lipinski definition) is 1. The molecule has 0 aliphatic heterocycles. The molecule has 114 valence electrons. The molecule has 3 rings (SSSR count). The van der Waals surface area contributed by atoms with Crippen LogP contribution < -0.4 is 5.73 Å². The molecule has 0 radical (unpaired) electrons. The van der Waals surface area contributed by atoms with Crippen molar-refractivity contribution >= 4 is 11.0 Å². The molecule has 0 bridgehead atoms. The first-order valence-electron chi connectivity index (χ1n) is 8.04. The molecule has 1 unspecified atom stereocenters. The van der Waals surface area contributed by atoms with Crippen LogP contribution in [-0.2, 0) is 6.54 Å².